The molecular weight excluding hydrogens is 264 g/mol. The molecule has 1 heterocycles. The van der Waals surface area contributed by atoms with Crippen LogP contribution in [0.15, 0.2) is 0 Å². The van der Waals surface area contributed by atoms with Crippen LogP contribution < -0.4 is 5.32 Å². The number of amides is 1. The van der Waals surface area contributed by atoms with Crippen molar-refractivity contribution in [3.63, 3.8) is 0 Å². The Kier molecular flexibility index (Phi) is 4.04. The van der Waals surface area contributed by atoms with E-state index in [9.17, 15) is 4.79 Å². The van der Waals surface area contributed by atoms with E-state index in [0.29, 0.717) is 11.5 Å². The van der Waals surface area contributed by atoms with Crippen molar-refractivity contribution in [2.24, 2.45) is 17.3 Å². The summed E-state index contributed by atoms with van der Waals surface area (Å²) in [6.45, 7) is 5.71. The largest absolute Gasteiger partial charge is 0.364 e. The second-order valence-electron chi connectivity index (χ2n) is 7.97. The summed E-state index contributed by atoms with van der Waals surface area (Å²) in [5.74, 6) is 1.90. The van der Waals surface area contributed by atoms with E-state index in [-0.39, 0.29) is 18.1 Å². The number of likely N-dealkylation sites (N-methyl/N-ethyl adjacent to an activating group) is 1. The van der Waals surface area contributed by atoms with Gasteiger partial charge in [0.15, 0.2) is 0 Å². The van der Waals surface area contributed by atoms with Gasteiger partial charge in [0.05, 0.1) is 6.10 Å². The lowest BCUT2D eigenvalue weighted by molar-refractivity contribution is -0.140. The number of carbonyl (C=O) groups excluding carboxylic acids is 1. The molecule has 0 aromatic heterocycles. The van der Waals surface area contributed by atoms with Crippen LogP contribution in [-0.4, -0.2) is 49.7 Å². The minimum atomic E-state index is -0.222. The Balaban J connectivity index is 1.47. The van der Waals surface area contributed by atoms with E-state index in [1.807, 2.05) is 0 Å². The molecule has 3 fully saturated rings. The lowest BCUT2D eigenvalue weighted by Crippen LogP contribution is -2.63. The summed E-state index contributed by atoms with van der Waals surface area (Å²) >= 11 is 0. The van der Waals surface area contributed by atoms with Gasteiger partial charge in [-0.2, -0.15) is 0 Å². The molecule has 3 unspecified atom stereocenters. The van der Waals surface area contributed by atoms with Crippen LogP contribution in [-0.2, 0) is 9.53 Å². The molecule has 5 atom stereocenters. The predicted octanol–water partition coefficient (Wildman–Crippen LogP) is 2.04. The topological polar surface area (TPSA) is 41.6 Å². The molecule has 4 nitrogen and oxygen atoms in total. The lowest BCUT2D eigenvalue weighted by Gasteiger charge is -2.56. The van der Waals surface area contributed by atoms with Crippen molar-refractivity contribution in [2.75, 3.05) is 20.6 Å². The van der Waals surface area contributed by atoms with E-state index in [0.717, 1.165) is 31.2 Å². The maximum Gasteiger partial charge on any atom is 0.251 e. The van der Waals surface area contributed by atoms with Crippen LogP contribution in [0.2, 0.25) is 0 Å². The highest BCUT2D eigenvalue weighted by atomic mass is 16.5. The van der Waals surface area contributed by atoms with E-state index < -0.39 is 0 Å². The molecule has 0 aromatic rings. The van der Waals surface area contributed by atoms with E-state index in [1.54, 1.807) is 19.0 Å². The van der Waals surface area contributed by atoms with Gasteiger partial charge in [0.25, 0.3) is 5.91 Å². The van der Waals surface area contributed by atoms with Crippen molar-refractivity contribution in [2.45, 2.75) is 64.2 Å². The van der Waals surface area contributed by atoms with Gasteiger partial charge in [-0.25, -0.2) is 0 Å². The molecule has 0 aromatic carbocycles. The van der Waals surface area contributed by atoms with Crippen molar-refractivity contribution in [1.29, 1.82) is 0 Å². The summed E-state index contributed by atoms with van der Waals surface area (Å²) in [4.78, 5) is 13.6. The zero-order chi connectivity index (χ0) is 15.2. The summed E-state index contributed by atoms with van der Waals surface area (Å²) in [5, 5.41) is 3.76. The Morgan fingerprint density at radius 1 is 1.24 bits per heavy atom. The van der Waals surface area contributed by atoms with E-state index in [2.05, 4.69) is 19.2 Å². The molecule has 0 spiro atoms. The third kappa shape index (κ3) is 2.61. The van der Waals surface area contributed by atoms with Crippen LogP contribution in [0.4, 0.5) is 0 Å². The summed E-state index contributed by atoms with van der Waals surface area (Å²) < 4.78 is 5.93. The fourth-order valence-corrected chi connectivity index (χ4v) is 4.97. The summed E-state index contributed by atoms with van der Waals surface area (Å²) in [6.07, 6.45) is 6.04. The fourth-order valence-electron chi connectivity index (χ4n) is 4.97. The summed E-state index contributed by atoms with van der Waals surface area (Å²) in [5.41, 5.74) is 0.429. The third-order valence-electron chi connectivity index (χ3n) is 6.14. The molecule has 2 aliphatic carbocycles. The average molecular weight is 294 g/mol. The monoisotopic (exact) mass is 294 g/mol. The first-order valence-electron chi connectivity index (χ1n) is 8.51. The van der Waals surface area contributed by atoms with Crippen LogP contribution in [0, 0.1) is 17.3 Å². The minimum Gasteiger partial charge on any atom is -0.364 e. The molecule has 21 heavy (non-hydrogen) atoms. The molecule has 3 aliphatic rings. The number of ether oxygens (including phenoxy) is 1. The number of rotatable bonds is 4. The second kappa shape index (κ2) is 5.54. The molecule has 1 N–H and O–H groups in total. The molecule has 0 bridgehead atoms. The Morgan fingerprint density at radius 2 is 2.00 bits per heavy atom. The molecule has 0 radical (unpaired) electrons. The van der Waals surface area contributed by atoms with Gasteiger partial charge in [-0.3, -0.25) is 4.79 Å². The maximum absolute atomic E-state index is 11.9. The first-order valence-corrected chi connectivity index (χ1v) is 8.51. The molecule has 1 aliphatic heterocycles. The number of hydrogen-bond acceptors (Lipinski definition) is 3. The SMILES string of the molecule is CN(C)C(=O)C1CCC(CNC2[C@@H]3CCC[C@@H]3C2(C)C)O1. The van der Waals surface area contributed by atoms with Gasteiger partial charge >= 0.3 is 0 Å². The molecule has 3 rings (SSSR count). The van der Waals surface area contributed by atoms with Crippen molar-refractivity contribution in [1.82, 2.24) is 10.2 Å². The fraction of sp³-hybridized carbons (Fsp3) is 0.941. The number of hydrogen-bond donors (Lipinski definition) is 1. The van der Waals surface area contributed by atoms with Crippen LogP contribution in [0.3, 0.4) is 0 Å². The van der Waals surface area contributed by atoms with E-state index in [4.69, 9.17) is 4.74 Å². The maximum atomic E-state index is 11.9. The standard InChI is InChI=1S/C17H30N2O2/c1-17(2)13-7-5-6-12(13)15(17)18-10-11-8-9-14(21-11)16(20)19(3)4/h11-15,18H,5-10H2,1-4H3/t11?,12-,13+,14?,15?/m1/s1. The van der Waals surface area contributed by atoms with Crippen molar-refractivity contribution < 1.29 is 9.53 Å². The average Bonchev–Trinajstić information content (AvgIpc) is 3.05. The second-order valence-corrected chi connectivity index (χ2v) is 7.97. The van der Waals surface area contributed by atoms with Crippen LogP contribution in [0.5, 0.6) is 0 Å². The third-order valence-corrected chi connectivity index (χ3v) is 6.14. The van der Waals surface area contributed by atoms with Crippen molar-refractivity contribution in [3.8, 4) is 0 Å². The van der Waals surface area contributed by atoms with Gasteiger partial charge in [0, 0.05) is 26.7 Å². The molecular formula is C17H30N2O2. The Morgan fingerprint density at radius 3 is 2.71 bits per heavy atom. The lowest BCUT2D eigenvalue weighted by atomic mass is 9.53. The van der Waals surface area contributed by atoms with Crippen molar-refractivity contribution in [3.05, 3.63) is 0 Å². The smallest absolute Gasteiger partial charge is 0.251 e. The highest BCUT2D eigenvalue weighted by molar-refractivity contribution is 5.80. The number of fused-ring (bicyclic) bond motifs is 1. The van der Waals surface area contributed by atoms with Gasteiger partial charge in [-0.15, -0.1) is 0 Å². The van der Waals surface area contributed by atoms with E-state index >= 15 is 0 Å². The predicted molar refractivity (Wildman–Crippen MR) is 83.0 cm³/mol. The van der Waals surface area contributed by atoms with Gasteiger partial charge in [0.1, 0.15) is 6.10 Å². The zero-order valence-corrected chi connectivity index (χ0v) is 13.9. The van der Waals surface area contributed by atoms with Gasteiger partial charge in [0.2, 0.25) is 0 Å². The minimum absolute atomic E-state index is 0.109. The van der Waals surface area contributed by atoms with Crippen molar-refractivity contribution >= 4 is 5.91 Å². The van der Waals surface area contributed by atoms with Gasteiger partial charge in [-0.05, 0) is 42.9 Å². The van der Waals surface area contributed by atoms with E-state index in [1.165, 1.54) is 19.3 Å². The highest BCUT2D eigenvalue weighted by Gasteiger charge is 2.57. The Bertz CT molecular complexity index is 408. The van der Waals surface area contributed by atoms with Crippen LogP contribution in [0.1, 0.15) is 46.0 Å². The molecule has 1 saturated heterocycles. The first kappa shape index (κ1) is 15.3. The van der Waals surface area contributed by atoms with Gasteiger partial charge in [-0.1, -0.05) is 20.3 Å². The Labute approximate surface area is 128 Å². The normalized spacial score (nSPS) is 40.7. The number of carbonyl (C=O) groups is 1. The summed E-state index contributed by atoms with van der Waals surface area (Å²) in [6, 6.07) is 0.636. The Hall–Kier alpha value is -0.610. The quantitative estimate of drug-likeness (QED) is 0.862. The van der Waals surface area contributed by atoms with Crippen LogP contribution in [0.25, 0.3) is 0 Å². The van der Waals surface area contributed by atoms with Gasteiger partial charge < -0.3 is 15.0 Å². The number of nitrogens with zero attached hydrogens (tertiary/aromatic N) is 1. The molecule has 1 amide bonds. The molecule has 4 heteroatoms. The molecule has 2 saturated carbocycles. The van der Waals surface area contributed by atoms with Crippen LogP contribution >= 0.6 is 0 Å². The number of nitrogens with one attached hydrogen (secondary N) is 1. The highest BCUT2D eigenvalue weighted by Crippen LogP contribution is 2.58. The molecule has 120 valence electrons. The summed E-state index contributed by atoms with van der Waals surface area (Å²) in [7, 11) is 3.60. The zero-order valence-electron chi connectivity index (χ0n) is 13.9. The first-order chi connectivity index (χ1) is 9.91.